The molecule has 6 heteroatoms. The second-order valence-electron chi connectivity index (χ2n) is 6.91. The molecule has 0 aromatic carbocycles. The van der Waals surface area contributed by atoms with Crippen molar-refractivity contribution < 1.29 is 14.6 Å². The van der Waals surface area contributed by atoms with Gasteiger partial charge in [0, 0.05) is 38.5 Å². The number of amides is 1. The van der Waals surface area contributed by atoms with Crippen molar-refractivity contribution in [3.8, 4) is 0 Å². The summed E-state index contributed by atoms with van der Waals surface area (Å²) in [4.78, 5) is 12.6. The molecule has 1 amide bonds. The molecule has 0 saturated carbocycles. The molecule has 0 radical (unpaired) electrons. The van der Waals surface area contributed by atoms with E-state index in [9.17, 15) is 9.90 Å². The number of hydrogen-bond acceptors (Lipinski definition) is 4. The van der Waals surface area contributed by atoms with Crippen molar-refractivity contribution >= 4 is 5.91 Å². The van der Waals surface area contributed by atoms with Gasteiger partial charge in [0.2, 0.25) is 0 Å². The van der Waals surface area contributed by atoms with Crippen molar-refractivity contribution in [1.29, 1.82) is 0 Å². The Morgan fingerprint density at radius 3 is 2.78 bits per heavy atom. The van der Waals surface area contributed by atoms with Crippen LogP contribution in [0.15, 0.2) is 0 Å². The zero-order valence-electron chi connectivity index (χ0n) is 14.5. The molecule has 2 rings (SSSR count). The summed E-state index contributed by atoms with van der Waals surface area (Å²) in [5, 5.41) is 17.2. The molecule has 1 aromatic rings. The van der Waals surface area contributed by atoms with Crippen LogP contribution in [0.2, 0.25) is 0 Å². The summed E-state index contributed by atoms with van der Waals surface area (Å²) in [5.41, 5.74) is 2.37. The maximum Gasteiger partial charge on any atom is 0.269 e. The Labute approximate surface area is 138 Å². The number of fused-ring (bicyclic) bond motifs is 1. The fourth-order valence-electron chi connectivity index (χ4n) is 2.86. The minimum Gasteiger partial charge on any atom is -0.396 e. The first-order valence-corrected chi connectivity index (χ1v) is 8.54. The van der Waals surface area contributed by atoms with E-state index in [2.05, 4.69) is 10.4 Å². The van der Waals surface area contributed by atoms with E-state index in [1.807, 2.05) is 20.8 Å². The molecule has 0 spiro atoms. The number of aromatic nitrogens is 2. The fourth-order valence-corrected chi connectivity index (χ4v) is 2.86. The number of nitrogens with one attached hydrogen (secondary N) is 1. The fraction of sp³-hybridized carbons (Fsp3) is 0.765. The Kier molecular flexibility index (Phi) is 6.18. The second kappa shape index (κ2) is 7.93. The van der Waals surface area contributed by atoms with Crippen LogP contribution >= 0.6 is 0 Å². The number of carbonyl (C=O) groups excluding carboxylic acids is 1. The number of hydrogen-bond donors (Lipinski definition) is 2. The van der Waals surface area contributed by atoms with Gasteiger partial charge in [0.15, 0.2) is 0 Å². The summed E-state index contributed by atoms with van der Waals surface area (Å²) < 4.78 is 7.39. The number of aliphatic hydroxyl groups is 1. The largest absolute Gasteiger partial charge is 0.396 e. The van der Waals surface area contributed by atoms with E-state index in [4.69, 9.17) is 4.74 Å². The maximum atomic E-state index is 12.6. The van der Waals surface area contributed by atoms with Crippen molar-refractivity contribution in [2.45, 2.75) is 53.0 Å². The first kappa shape index (κ1) is 17.9. The summed E-state index contributed by atoms with van der Waals surface area (Å²) in [6.45, 7) is 8.77. The summed E-state index contributed by atoms with van der Waals surface area (Å²) in [5.74, 6) is -0.0516. The summed E-state index contributed by atoms with van der Waals surface area (Å²) >= 11 is 0. The molecular weight excluding hydrogens is 294 g/mol. The molecule has 1 aliphatic rings. The van der Waals surface area contributed by atoms with Crippen LogP contribution in [-0.4, -0.2) is 47.2 Å². The van der Waals surface area contributed by atoms with Gasteiger partial charge in [0.25, 0.3) is 5.91 Å². The normalized spacial score (nSPS) is 17.3. The average Bonchev–Trinajstić information content (AvgIpc) is 2.84. The standard InChI is InChI=1S/C17H29N3O3/c1-4-20-15-13(14(19-20)11-17(2,3)12-21)7-5-9-23-10-6-8-18-16(15)22/h21H,4-12H2,1-3H3,(H,18,22). The van der Waals surface area contributed by atoms with E-state index >= 15 is 0 Å². The highest BCUT2D eigenvalue weighted by Crippen LogP contribution is 2.26. The first-order chi connectivity index (χ1) is 11.0. The van der Waals surface area contributed by atoms with Crippen molar-refractivity contribution in [3.05, 3.63) is 17.0 Å². The van der Waals surface area contributed by atoms with Crippen LogP contribution in [0, 0.1) is 5.41 Å². The van der Waals surface area contributed by atoms with Crippen molar-refractivity contribution in [3.63, 3.8) is 0 Å². The third-order valence-electron chi connectivity index (χ3n) is 4.19. The van der Waals surface area contributed by atoms with Crippen LogP contribution in [-0.2, 0) is 24.1 Å². The number of aryl methyl sites for hydroxylation is 1. The monoisotopic (exact) mass is 323 g/mol. The predicted octanol–water partition coefficient (Wildman–Crippen LogP) is 1.55. The van der Waals surface area contributed by atoms with Crippen molar-refractivity contribution in [2.75, 3.05) is 26.4 Å². The topological polar surface area (TPSA) is 76.4 Å². The molecule has 0 atom stereocenters. The van der Waals surface area contributed by atoms with Crippen LogP contribution in [0.25, 0.3) is 0 Å². The third-order valence-corrected chi connectivity index (χ3v) is 4.19. The van der Waals surface area contributed by atoms with Gasteiger partial charge in [-0.2, -0.15) is 5.10 Å². The lowest BCUT2D eigenvalue weighted by molar-refractivity contribution is 0.0934. The van der Waals surface area contributed by atoms with Crippen LogP contribution in [0.4, 0.5) is 0 Å². The van der Waals surface area contributed by atoms with Crippen LogP contribution < -0.4 is 5.32 Å². The lowest BCUT2D eigenvalue weighted by Crippen LogP contribution is -2.28. The minimum atomic E-state index is -0.250. The molecule has 0 bridgehead atoms. The van der Waals surface area contributed by atoms with E-state index in [1.54, 1.807) is 4.68 Å². The van der Waals surface area contributed by atoms with E-state index in [-0.39, 0.29) is 17.9 Å². The third kappa shape index (κ3) is 4.54. The first-order valence-electron chi connectivity index (χ1n) is 8.54. The summed E-state index contributed by atoms with van der Waals surface area (Å²) in [6.07, 6.45) is 3.14. The van der Waals surface area contributed by atoms with Gasteiger partial charge in [-0.15, -0.1) is 0 Å². The Bertz CT molecular complexity index is 537. The highest BCUT2D eigenvalue weighted by molar-refractivity contribution is 5.94. The average molecular weight is 323 g/mol. The molecular formula is C17H29N3O3. The van der Waals surface area contributed by atoms with Gasteiger partial charge < -0.3 is 15.2 Å². The number of nitrogens with zero attached hydrogens (tertiary/aromatic N) is 2. The van der Waals surface area contributed by atoms with E-state index in [0.29, 0.717) is 38.4 Å². The lowest BCUT2D eigenvalue weighted by atomic mass is 9.87. The van der Waals surface area contributed by atoms with Crippen LogP contribution in [0.5, 0.6) is 0 Å². The molecule has 130 valence electrons. The number of aliphatic hydroxyl groups excluding tert-OH is 1. The van der Waals surface area contributed by atoms with Gasteiger partial charge in [0.1, 0.15) is 5.69 Å². The summed E-state index contributed by atoms with van der Waals surface area (Å²) in [6, 6.07) is 0. The molecule has 6 nitrogen and oxygen atoms in total. The van der Waals surface area contributed by atoms with Gasteiger partial charge in [-0.3, -0.25) is 9.48 Å². The van der Waals surface area contributed by atoms with Crippen molar-refractivity contribution in [1.82, 2.24) is 15.1 Å². The minimum absolute atomic E-state index is 0.0516. The zero-order chi connectivity index (χ0) is 16.9. The Hall–Kier alpha value is -1.40. The molecule has 0 saturated heterocycles. The van der Waals surface area contributed by atoms with Crippen LogP contribution in [0.1, 0.15) is 55.4 Å². The lowest BCUT2D eigenvalue weighted by Gasteiger charge is -2.20. The SMILES string of the molecule is CCn1nc(CC(C)(C)CO)c2c1C(=O)NCCCOCCC2. The van der Waals surface area contributed by atoms with Crippen molar-refractivity contribution in [2.24, 2.45) is 5.41 Å². The maximum absolute atomic E-state index is 12.6. The Balaban J connectivity index is 2.39. The smallest absolute Gasteiger partial charge is 0.269 e. The van der Waals surface area contributed by atoms with Gasteiger partial charge in [-0.05, 0) is 38.0 Å². The van der Waals surface area contributed by atoms with Crippen LogP contribution in [0.3, 0.4) is 0 Å². The highest BCUT2D eigenvalue weighted by atomic mass is 16.5. The quantitative estimate of drug-likeness (QED) is 0.881. The van der Waals surface area contributed by atoms with E-state index in [1.165, 1.54) is 0 Å². The molecule has 0 unspecified atom stereocenters. The predicted molar refractivity (Wildman–Crippen MR) is 88.6 cm³/mol. The Morgan fingerprint density at radius 2 is 2.09 bits per heavy atom. The summed E-state index contributed by atoms with van der Waals surface area (Å²) in [7, 11) is 0. The Morgan fingerprint density at radius 1 is 1.35 bits per heavy atom. The molecule has 2 heterocycles. The van der Waals surface area contributed by atoms with E-state index in [0.717, 1.165) is 30.5 Å². The molecule has 0 aliphatic carbocycles. The zero-order valence-corrected chi connectivity index (χ0v) is 14.5. The van der Waals surface area contributed by atoms with Gasteiger partial charge in [0.05, 0.1) is 5.69 Å². The second-order valence-corrected chi connectivity index (χ2v) is 6.91. The number of carbonyl (C=O) groups is 1. The van der Waals surface area contributed by atoms with Gasteiger partial charge >= 0.3 is 0 Å². The molecule has 2 N–H and O–H groups in total. The number of rotatable bonds is 4. The molecule has 1 aromatic heterocycles. The van der Waals surface area contributed by atoms with Gasteiger partial charge in [-0.25, -0.2) is 0 Å². The highest BCUT2D eigenvalue weighted by Gasteiger charge is 2.27. The molecule has 0 fully saturated rings. The van der Waals surface area contributed by atoms with Gasteiger partial charge in [-0.1, -0.05) is 13.8 Å². The van der Waals surface area contributed by atoms with E-state index < -0.39 is 0 Å². The molecule has 23 heavy (non-hydrogen) atoms. The molecule has 1 aliphatic heterocycles. The number of ether oxygens (including phenoxy) is 1.